The van der Waals surface area contributed by atoms with Gasteiger partial charge in [-0.15, -0.1) is 0 Å². The van der Waals surface area contributed by atoms with E-state index in [1.54, 1.807) is 4.31 Å². The van der Waals surface area contributed by atoms with Crippen molar-refractivity contribution in [2.24, 2.45) is 16.8 Å². The van der Waals surface area contributed by atoms with Gasteiger partial charge in [0.05, 0.1) is 12.3 Å². The van der Waals surface area contributed by atoms with Crippen LogP contribution in [-0.4, -0.2) is 80.1 Å². The zero-order chi connectivity index (χ0) is 17.6. The van der Waals surface area contributed by atoms with Crippen LogP contribution < -0.4 is 5.32 Å². The molecular formula is C16H32N4O2S2. The molecule has 2 unspecified atom stereocenters. The molecule has 0 aromatic rings. The minimum Gasteiger partial charge on any atom is -0.357 e. The highest BCUT2D eigenvalue weighted by atomic mass is 32.2. The standard InChI is InChI=1S/C16H32N4O2S2/c1-4-17-16(19-12-14(2)11-15(3)13-19)18-5-10-24(21,22)20-6-8-23-9-7-20/h14-15H,4-13H2,1-3H3,(H,17,18). The second-order valence-electron chi connectivity index (χ2n) is 6.91. The van der Waals surface area contributed by atoms with Gasteiger partial charge in [0.25, 0.3) is 0 Å². The number of guanidine groups is 1. The lowest BCUT2D eigenvalue weighted by Gasteiger charge is -2.37. The zero-order valence-electron chi connectivity index (χ0n) is 15.2. The van der Waals surface area contributed by atoms with Gasteiger partial charge in [-0.05, 0) is 25.2 Å². The SMILES string of the molecule is CCNC(=NCCS(=O)(=O)N1CCSCC1)N1CC(C)CC(C)C1. The van der Waals surface area contributed by atoms with Crippen molar-refractivity contribution in [1.29, 1.82) is 0 Å². The van der Waals surface area contributed by atoms with Crippen LogP contribution in [-0.2, 0) is 10.0 Å². The van der Waals surface area contributed by atoms with Crippen molar-refractivity contribution in [3.8, 4) is 0 Å². The molecule has 8 heteroatoms. The minimum absolute atomic E-state index is 0.103. The molecule has 2 atom stereocenters. The molecular weight excluding hydrogens is 344 g/mol. The Kier molecular flexibility index (Phi) is 7.68. The van der Waals surface area contributed by atoms with Gasteiger partial charge in [0, 0.05) is 44.2 Å². The Balaban J connectivity index is 1.95. The molecule has 0 bridgehead atoms. The maximum atomic E-state index is 12.4. The Morgan fingerprint density at radius 1 is 1.21 bits per heavy atom. The third-order valence-electron chi connectivity index (χ3n) is 4.48. The Morgan fingerprint density at radius 2 is 1.83 bits per heavy atom. The van der Waals surface area contributed by atoms with Gasteiger partial charge in [0.15, 0.2) is 5.96 Å². The van der Waals surface area contributed by atoms with E-state index in [2.05, 4.69) is 36.0 Å². The summed E-state index contributed by atoms with van der Waals surface area (Å²) >= 11 is 1.82. The van der Waals surface area contributed by atoms with E-state index < -0.39 is 10.0 Å². The van der Waals surface area contributed by atoms with Gasteiger partial charge in [0.1, 0.15) is 0 Å². The van der Waals surface area contributed by atoms with Crippen molar-refractivity contribution in [2.45, 2.75) is 27.2 Å². The lowest BCUT2D eigenvalue weighted by atomic mass is 9.92. The van der Waals surface area contributed by atoms with Crippen LogP contribution in [0.1, 0.15) is 27.2 Å². The number of rotatable bonds is 5. The molecule has 6 nitrogen and oxygen atoms in total. The van der Waals surface area contributed by atoms with E-state index in [1.807, 2.05) is 11.8 Å². The summed E-state index contributed by atoms with van der Waals surface area (Å²) in [7, 11) is -3.18. The molecule has 2 rings (SSSR count). The van der Waals surface area contributed by atoms with Crippen LogP contribution in [0.2, 0.25) is 0 Å². The molecule has 24 heavy (non-hydrogen) atoms. The number of nitrogens with zero attached hydrogens (tertiary/aromatic N) is 3. The molecule has 2 aliphatic heterocycles. The molecule has 0 aromatic carbocycles. The molecule has 0 spiro atoms. The Hall–Kier alpha value is -0.470. The first kappa shape index (κ1) is 19.8. The number of nitrogens with one attached hydrogen (secondary N) is 1. The topological polar surface area (TPSA) is 65.0 Å². The quantitative estimate of drug-likeness (QED) is 0.579. The molecule has 0 aromatic heterocycles. The number of hydrogen-bond acceptors (Lipinski definition) is 4. The van der Waals surface area contributed by atoms with Gasteiger partial charge < -0.3 is 10.2 Å². The van der Waals surface area contributed by atoms with Crippen molar-refractivity contribution < 1.29 is 8.42 Å². The molecule has 0 radical (unpaired) electrons. The average Bonchev–Trinajstić information content (AvgIpc) is 2.54. The predicted octanol–water partition coefficient (Wildman–Crippen LogP) is 1.31. The van der Waals surface area contributed by atoms with E-state index in [9.17, 15) is 8.42 Å². The summed E-state index contributed by atoms with van der Waals surface area (Å²) in [5, 5.41) is 3.32. The van der Waals surface area contributed by atoms with Crippen LogP contribution in [0.4, 0.5) is 0 Å². The van der Waals surface area contributed by atoms with Gasteiger partial charge in [-0.25, -0.2) is 12.7 Å². The number of sulfonamides is 1. The fraction of sp³-hybridized carbons (Fsp3) is 0.938. The number of hydrogen-bond donors (Lipinski definition) is 1. The predicted molar refractivity (Wildman–Crippen MR) is 103 cm³/mol. The second-order valence-corrected chi connectivity index (χ2v) is 10.2. The lowest BCUT2D eigenvalue weighted by molar-refractivity contribution is 0.208. The molecule has 2 fully saturated rings. The molecule has 0 amide bonds. The van der Waals surface area contributed by atoms with Gasteiger partial charge in [0.2, 0.25) is 10.0 Å². The smallest absolute Gasteiger partial charge is 0.215 e. The normalized spacial score (nSPS) is 27.3. The lowest BCUT2D eigenvalue weighted by Crippen LogP contribution is -2.48. The van der Waals surface area contributed by atoms with Gasteiger partial charge in [-0.2, -0.15) is 11.8 Å². The van der Waals surface area contributed by atoms with E-state index in [-0.39, 0.29) is 5.75 Å². The summed E-state index contributed by atoms with van der Waals surface area (Å²) in [4.78, 5) is 6.89. The van der Waals surface area contributed by atoms with Gasteiger partial charge in [-0.1, -0.05) is 13.8 Å². The van der Waals surface area contributed by atoms with E-state index >= 15 is 0 Å². The number of aliphatic imine (C=N–C) groups is 1. The maximum Gasteiger partial charge on any atom is 0.215 e. The third kappa shape index (κ3) is 5.81. The van der Waals surface area contributed by atoms with Crippen molar-refractivity contribution in [1.82, 2.24) is 14.5 Å². The van der Waals surface area contributed by atoms with Crippen molar-refractivity contribution in [3.05, 3.63) is 0 Å². The Bertz CT molecular complexity index is 508. The fourth-order valence-electron chi connectivity index (χ4n) is 3.48. The van der Waals surface area contributed by atoms with Crippen molar-refractivity contribution in [2.75, 3.05) is 56.5 Å². The highest BCUT2D eigenvalue weighted by molar-refractivity contribution is 7.99. The van der Waals surface area contributed by atoms with Crippen LogP contribution in [0.3, 0.4) is 0 Å². The monoisotopic (exact) mass is 376 g/mol. The summed E-state index contributed by atoms with van der Waals surface area (Å²) < 4.78 is 26.5. The van der Waals surface area contributed by atoms with Crippen LogP contribution in [0, 0.1) is 11.8 Å². The minimum atomic E-state index is -3.18. The highest BCUT2D eigenvalue weighted by Gasteiger charge is 2.25. The zero-order valence-corrected chi connectivity index (χ0v) is 16.8. The summed E-state index contributed by atoms with van der Waals surface area (Å²) in [5.41, 5.74) is 0. The Morgan fingerprint density at radius 3 is 2.42 bits per heavy atom. The molecule has 2 heterocycles. The number of likely N-dealkylation sites (tertiary alicyclic amines) is 1. The van der Waals surface area contributed by atoms with Crippen LogP contribution in [0.5, 0.6) is 0 Å². The van der Waals surface area contributed by atoms with Crippen LogP contribution in [0.25, 0.3) is 0 Å². The van der Waals surface area contributed by atoms with E-state index in [1.165, 1.54) is 6.42 Å². The molecule has 2 saturated heterocycles. The fourth-order valence-corrected chi connectivity index (χ4v) is 5.94. The highest BCUT2D eigenvalue weighted by Crippen LogP contribution is 2.21. The molecule has 0 aliphatic carbocycles. The molecule has 140 valence electrons. The first-order chi connectivity index (χ1) is 11.4. The largest absolute Gasteiger partial charge is 0.357 e. The number of piperidine rings is 1. The first-order valence-electron chi connectivity index (χ1n) is 9.01. The molecule has 2 aliphatic rings. The van der Waals surface area contributed by atoms with E-state index in [0.717, 1.165) is 37.1 Å². The first-order valence-corrected chi connectivity index (χ1v) is 11.8. The van der Waals surface area contributed by atoms with Gasteiger partial charge in [-0.3, -0.25) is 4.99 Å². The molecule has 1 N–H and O–H groups in total. The maximum absolute atomic E-state index is 12.4. The van der Waals surface area contributed by atoms with Gasteiger partial charge >= 0.3 is 0 Å². The summed E-state index contributed by atoms with van der Waals surface area (Å²) in [6.45, 7) is 11.0. The molecule has 0 saturated carbocycles. The third-order valence-corrected chi connectivity index (χ3v) is 7.27. The Labute approximate surface area is 151 Å². The van der Waals surface area contributed by atoms with Crippen LogP contribution in [0.15, 0.2) is 4.99 Å². The van der Waals surface area contributed by atoms with E-state index in [4.69, 9.17) is 0 Å². The summed E-state index contributed by atoms with van der Waals surface area (Å²) in [6.07, 6.45) is 1.25. The van der Waals surface area contributed by atoms with Crippen molar-refractivity contribution >= 4 is 27.7 Å². The second kappa shape index (κ2) is 9.29. The average molecular weight is 377 g/mol. The van der Waals surface area contributed by atoms with Crippen molar-refractivity contribution in [3.63, 3.8) is 0 Å². The summed E-state index contributed by atoms with van der Waals surface area (Å²) in [5.74, 6) is 4.05. The van der Waals surface area contributed by atoms with E-state index in [0.29, 0.717) is 31.5 Å². The summed E-state index contributed by atoms with van der Waals surface area (Å²) in [6, 6.07) is 0. The van der Waals surface area contributed by atoms with Crippen LogP contribution >= 0.6 is 11.8 Å². The number of thioether (sulfide) groups is 1.